The summed E-state index contributed by atoms with van der Waals surface area (Å²) in [4.78, 5) is 12.5. The van der Waals surface area contributed by atoms with E-state index < -0.39 is 10.2 Å². The van der Waals surface area contributed by atoms with Crippen molar-refractivity contribution in [3.63, 3.8) is 0 Å². The highest BCUT2D eigenvalue weighted by Gasteiger charge is 2.41. The summed E-state index contributed by atoms with van der Waals surface area (Å²) in [7, 11) is -3.53. The third kappa shape index (κ3) is 3.18. The number of nitrogens with zero attached hydrogens (tertiary/aromatic N) is 3. The number of amides is 1. The molecule has 10 heteroatoms. The Morgan fingerprint density at radius 3 is 2.79 bits per heavy atom. The fourth-order valence-corrected chi connectivity index (χ4v) is 6.06. The molecule has 5 aliphatic rings. The predicted molar refractivity (Wildman–Crippen MR) is 100 cm³/mol. The molecule has 6 rings (SSSR count). The van der Waals surface area contributed by atoms with E-state index >= 15 is 0 Å². The van der Waals surface area contributed by atoms with E-state index in [4.69, 9.17) is 4.52 Å². The fraction of sp³-hybridized carbons (Fsp3) is 0.667. The number of aromatic nitrogens is 1. The summed E-state index contributed by atoms with van der Waals surface area (Å²) in [6.07, 6.45) is 5.97. The number of rotatable bonds is 5. The molecule has 4 aliphatic heterocycles. The zero-order valence-corrected chi connectivity index (χ0v) is 16.6. The lowest BCUT2D eigenvalue weighted by Gasteiger charge is -2.45. The average Bonchev–Trinajstić information content (AvgIpc) is 3.37. The van der Waals surface area contributed by atoms with E-state index in [1.165, 1.54) is 4.31 Å². The summed E-state index contributed by atoms with van der Waals surface area (Å²) in [5.74, 6) is 0.937. The van der Waals surface area contributed by atoms with Gasteiger partial charge in [-0.05, 0) is 32.6 Å². The minimum absolute atomic E-state index is 0.0789. The Hall–Kier alpha value is -2.07. The first-order valence-electron chi connectivity index (χ1n) is 9.93. The van der Waals surface area contributed by atoms with Gasteiger partial charge in [-0.1, -0.05) is 5.16 Å². The van der Waals surface area contributed by atoms with Crippen LogP contribution in [0.3, 0.4) is 0 Å². The number of piperidine rings is 1. The van der Waals surface area contributed by atoms with Crippen LogP contribution in [0, 0.1) is 0 Å². The standard InChI is InChI=1S/C18H25N5O4S/c1-11-6-13(20-18(24)16-8-17(27-21-16)12-2-3-12)4-5-23(11)28(25,26)22-9-14-7-15(10-22)19-14/h8-9,11-13,15,19H,2-7,10H2,1H3,(H,20,24)/t11-,13-,15?/m0/s1. The van der Waals surface area contributed by atoms with E-state index in [1.807, 2.05) is 6.92 Å². The van der Waals surface area contributed by atoms with Gasteiger partial charge in [0.25, 0.3) is 5.91 Å². The van der Waals surface area contributed by atoms with Crippen molar-refractivity contribution in [2.75, 3.05) is 13.1 Å². The highest BCUT2D eigenvalue weighted by Crippen LogP contribution is 2.40. The molecule has 3 atom stereocenters. The highest BCUT2D eigenvalue weighted by atomic mass is 32.2. The molecule has 3 fully saturated rings. The summed E-state index contributed by atoms with van der Waals surface area (Å²) >= 11 is 0. The average molecular weight is 407 g/mol. The third-order valence-electron chi connectivity index (χ3n) is 6.04. The molecule has 152 valence electrons. The fourth-order valence-electron chi connectivity index (χ4n) is 4.29. The molecular weight excluding hydrogens is 382 g/mol. The summed E-state index contributed by atoms with van der Waals surface area (Å²) in [5, 5.41) is 10.1. The number of fused-ring (bicyclic) bond motifs is 2. The molecule has 5 heterocycles. The molecule has 1 saturated carbocycles. The van der Waals surface area contributed by atoms with Crippen molar-refractivity contribution >= 4 is 16.1 Å². The van der Waals surface area contributed by atoms with Crippen LogP contribution in [-0.2, 0) is 10.2 Å². The van der Waals surface area contributed by atoms with Crippen molar-refractivity contribution in [3.05, 3.63) is 29.4 Å². The van der Waals surface area contributed by atoms with Gasteiger partial charge in [0.1, 0.15) is 5.76 Å². The van der Waals surface area contributed by atoms with Crippen LogP contribution in [0.4, 0.5) is 0 Å². The van der Waals surface area contributed by atoms with Gasteiger partial charge >= 0.3 is 10.2 Å². The molecule has 1 amide bonds. The van der Waals surface area contributed by atoms with E-state index in [0.717, 1.165) is 30.7 Å². The minimum atomic E-state index is -3.53. The van der Waals surface area contributed by atoms with E-state index in [9.17, 15) is 13.2 Å². The second-order valence-corrected chi connectivity index (χ2v) is 10.2. The molecule has 28 heavy (non-hydrogen) atoms. The zero-order chi connectivity index (χ0) is 19.5. The van der Waals surface area contributed by atoms with Crippen molar-refractivity contribution in [2.45, 2.75) is 63.1 Å². The first kappa shape index (κ1) is 18.0. The molecule has 1 unspecified atom stereocenters. The van der Waals surface area contributed by atoms with Gasteiger partial charge in [-0.15, -0.1) is 0 Å². The number of nitrogens with one attached hydrogen (secondary N) is 2. The van der Waals surface area contributed by atoms with Crippen LogP contribution in [0.2, 0.25) is 0 Å². The van der Waals surface area contributed by atoms with Crippen LogP contribution in [0.5, 0.6) is 0 Å². The molecule has 2 bridgehead atoms. The molecule has 2 N–H and O–H groups in total. The van der Waals surface area contributed by atoms with Crippen molar-refractivity contribution in [3.8, 4) is 0 Å². The van der Waals surface area contributed by atoms with Gasteiger partial charge in [0, 0.05) is 48.9 Å². The molecule has 1 aliphatic carbocycles. The molecular formula is C18H25N5O4S. The van der Waals surface area contributed by atoms with Gasteiger partial charge < -0.3 is 15.2 Å². The first-order valence-corrected chi connectivity index (χ1v) is 11.3. The zero-order valence-electron chi connectivity index (χ0n) is 15.8. The lowest BCUT2D eigenvalue weighted by atomic mass is 10.0. The monoisotopic (exact) mass is 407 g/mol. The number of carbonyl (C=O) groups is 1. The Kier molecular flexibility index (Phi) is 4.16. The molecule has 0 aromatic carbocycles. The Morgan fingerprint density at radius 2 is 2.14 bits per heavy atom. The van der Waals surface area contributed by atoms with Crippen LogP contribution >= 0.6 is 0 Å². The van der Waals surface area contributed by atoms with Gasteiger partial charge in [-0.3, -0.25) is 9.10 Å². The SMILES string of the molecule is C[C@H]1C[C@@H](NC(=O)c2cc(C3CC3)on2)CCN1S(=O)(=O)N1C=C2CC(C1)N2. The van der Waals surface area contributed by atoms with Gasteiger partial charge in [0.15, 0.2) is 5.69 Å². The normalized spacial score (nSPS) is 30.2. The molecule has 2 saturated heterocycles. The van der Waals surface area contributed by atoms with E-state index in [0.29, 0.717) is 37.5 Å². The van der Waals surface area contributed by atoms with Crippen molar-refractivity contribution in [1.82, 2.24) is 24.4 Å². The van der Waals surface area contributed by atoms with Crippen LogP contribution < -0.4 is 10.6 Å². The second kappa shape index (κ2) is 6.48. The van der Waals surface area contributed by atoms with Crippen LogP contribution in [-0.4, -0.2) is 59.3 Å². The molecule has 0 spiro atoms. The van der Waals surface area contributed by atoms with Crippen LogP contribution in [0.15, 0.2) is 22.5 Å². The maximum absolute atomic E-state index is 13.0. The summed E-state index contributed by atoms with van der Waals surface area (Å²) < 4.78 is 34.3. The summed E-state index contributed by atoms with van der Waals surface area (Å²) in [5.41, 5.74) is 1.28. The summed E-state index contributed by atoms with van der Waals surface area (Å²) in [6.45, 7) is 2.76. The molecule has 9 nitrogen and oxygen atoms in total. The summed E-state index contributed by atoms with van der Waals surface area (Å²) in [6, 6.07) is 1.68. The smallest absolute Gasteiger partial charge is 0.303 e. The number of carbonyl (C=O) groups excluding carboxylic acids is 1. The predicted octanol–water partition coefficient (Wildman–Crippen LogP) is 0.898. The topological polar surface area (TPSA) is 108 Å². The third-order valence-corrected chi connectivity index (χ3v) is 8.02. The Labute approximate surface area is 164 Å². The second-order valence-electron chi connectivity index (χ2n) is 8.32. The molecule has 1 aromatic rings. The van der Waals surface area contributed by atoms with Gasteiger partial charge in [-0.25, -0.2) is 0 Å². The largest absolute Gasteiger partial charge is 0.382 e. The van der Waals surface area contributed by atoms with Crippen molar-refractivity contribution < 1.29 is 17.7 Å². The van der Waals surface area contributed by atoms with Crippen molar-refractivity contribution in [2.24, 2.45) is 0 Å². The molecule has 1 aromatic heterocycles. The van der Waals surface area contributed by atoms with E-state index in [2.05, 4.69) is 15.8 Å². The Bertz CT molecular complexity index is 914. The minimum Gasteiger partial charge on any atom is -0.382 e. The Balaban J connectivity index is 1.20. The number of hydrogen-bond acceptors (Lipinski definition) is 6. The maximum Gasteiger partial charge on any atom is 0.303 e. The lowest BCUT2D eigenvalue weighted by Crippen LogP contribution is -2.59. The molecule has 0 radical (unpaired) electrons. The van der Waals surface area contributed by atoms with E-state index in [-0.39, 0.29) is 24.0 Å². The van der Waals surface area contributed by atoms with Gasteiger partial charge in [-0.2, -0.15) is 12.7 Å². The first-order chi connectivity index (χ1) is 13.4. The van der Waals surface area contributed by atoms with Crippen LogP contribution in [0.25, 0.3) is 0 Å². The van der Waals surface area contributed by atoms with Crippen LogP contribution in [0.1, 0.15) is 61.2 Å². The number of hydrogen-bond donors (Lipinski definition) is 2. The van der Waals surface area contributed by atoms with Gasteiger partial charge in [0.2, 0.25) is 0 Å². The Morgan fingerprint density at radius 1 is 1.36 bits per heavy atom. The van der Waals surface area contributed by atoms with Crippen molar-refractivity contribution in [1.29, 1.82) is 0 Å². The van der Waals surface area contributed by atoms with E-state index in [1.54, 1.807) is 16.6 Å². The quantitative estimate of drug-likeness (QED) is 0.751. The highest BCUT2D eigenvalue weighted by molar-refractivity contribution is 7.86. The lowest BCUT2D eigenvalue weighted by molar-refractivity contribution is 0.0903. The van der Waals surface area contributed by atoms with Gasteiger partial charge in [0.05, 0.1) is 12.6 Å². The maximum atomic E-state index is 13.0.